The fraction of sp³-hybridized carbons (Fsp3) is 0.545. The number of carbonyl (C=O) groups is 1. The molecule has 1 aliphatic rings. The number of aromatic nitrogens is 3. The largest absolute Gasteiger partial charge is 0.472 e. The van der Waals surface area contributed by atoms with E-state index in [-0.39, 0.29) is 35.3 Å². The Morgan fingerprint density at radius 1 is 1.16 bits per heavy atom. The molecule has 2 heterocycles. The van der Waals surface area contributed by atoms with Crippen LogP contribution < -0.4 is 10.1 Å². The molecule has 10 heteroatoms. The molecule has 1 fully saturated rings. The fourth-order valence-corrected chi connectivity index (χ4v) is 3.86. The summed E-state index contributed by atoms with van der Waals surface area (Å²) in [6.07, 6.45) is 3.32. The Labute approximate surface area is 183 Å². The van der Waals surface area contributed by atoms with Crippen molar-refractivity contribution < 1.29 is 27.1 Å². The van der Waals surface area contributed by atoms with Crippen LogP contribution in [0.5, 0.6) is 5.88 Å². The molecule has 1 amide bonds. The predicted octanol–water partition coefficient (Wildman–Crippen LogP) is 4.94. The third-order valence-electron chi connectivity index (χ3n) is 5.57. The summed E-state index contributed by atoms with van der Waals surface area (Å²) in [5.41, 5.74) is -0.810. The first kappa shape index (κ1) is 23.9. The van der Waals surface area contributed by atoms with Gasteiger partial charge >= 0.3 is 6.18 Å². The lowest BCUT2D eigenvalue weighted by Gasteiger charge is -2.29. The zero-order chi connectivity index (χ0) is 23.3. The van der Waals surface area contributed by atoms with Crippen LogP contribution in [0.15, 0.2) is 24.7 Å². The topological polar surface area (TPSA) is 77.0 Å². The van der Waals surface area contributed by atoms with Gasteiger partial charge in [0.05, 0.1) is 5.56 Å². The van der Waals surface area contributed by atoms with E-state index in [0.717, 1.165) is 44.6 Å². The van der Waals surface area contributed by atoms with Gasteiger partial charge in [0.25, 0.3) is 5.88 Å². The Hall–Kier alpha value is -2.78. The van der Waals surface area contributed by atoms with Crippen molar-refractivity contribution in [3.05, 3.63) is 36.0 Å². The van der Waals surface area contributed by atoms with E-state index in [1.54, 1.807) is 0 Å². The molecule has 1 saturated carbocycles. The normalized spacial score (nSPS) is 19.9. The number of hydrogen-bond donors (Lipinski definition) is 1. The number of alkyl halides is 3. The summed E-state index contributed by atoms with van der Waals surface area (Å²) in [5, 5.41) is 2.88. The SMILES string of the molecule is CC(=O)N[C@@H](C)CCC1CCC(Oc2ncc(-c3ncc(C(F)(F)F)cn3)cc2F)CC1. The maximum atomic E-state index is 14.5. The third-order valence-corrected chi connectivity index (χ3v) is 5.57. The maximum Gasteiger partial charge on any atom is 0.419 e. The minimum atomic E-state index is -4.54. The first-order valence-corrected chi connectivity index (χ1v) is 10.6. The van der Waals surface area contributed by atoms with Crippen LogP contribution in [0.3, 0.4) is 0 Å². The highest BCUT2D eigenvalue weighted by molar-refractivity contribution is 5.73. The van der Waals surface area contributed by atoms with Crippen molar-refractivity contribution >= 4 is 5.91 Å². The van der Waals surface area contributed by atoms with E-state index in [9.17, 15) is 22.4 Å². The molecular formula is C22H26F4N4O2. The monoisotopic (exact) mass is 454 g/mol. The summed E-state index contributed by atoms with van der Waals surface area (Å²) in [6, 6.07) is 1.26. The molecule has 32 heavy (non-hydrogen) atoms. The van der Waals surface area contributed by atoms with E-state index in [1.807, 2.05) is 6.92 Å². The first-order valence-electron chi connectivity index (χ1n) is 10.6. The molecule has 1 atom stereocenters. The molecule has 2 aromatic heterocycles. The number of halogens is 4. The zero-order valence-electron chi connectivity index (χ0n) is 18.0. The lowest BCUT2D eigenvalue weighted by molar-refractivity contribution is -0.138. The highest BCUT2D eigenvalue weighted by Crippen LogP contribution is 2.32. The molecule has 0 aliphatic heterocycles. The van der Waals surface area contributed by atoms with Crippen molar-refractivity contribution in [2.75, 3.05) is 0 Å². The second kappa shape index (κ2) is 10.2. The van der Waals surface area contributed by atoms with E-state index in [1.165, 1.54) is 13.1 Å². The van der Waals surface area contributed by atoms with Crippen LogP contribution >= 0.6 is 0 Å². The van der Waals surface area contributed by atoms with Crippen molar-refractivity contribution in [2.45, 2.75) is 70.7 Å². The number of hydrogen-bond acceptors (Lipinski definition) is 5. The van der Waals surface area contributed by atoms with E-state index >= 15 is 0 Å². The van der Waals surface area contributed by atoms with Gasteiger partial charge in [0.2, 0.25) is 5.91 Å². The zero-order valence-corrected chi connectivity index (χ0v) is 18.0. The summed E-state index contributed by atoms with van der Waals surface area (Å²) in [4.78, 5) is 22.4. The standard InChI is InChI=1S/C22H26F4N4O2/c1-13(30-14(2)31)3-4-15-5-7-18(8-6-15)32-21-19(23)9-16(10-29-21)20-27-11-17(12-28-20)22(24,25)26/h9-13,15,18H,3-8H2,1-2H3,(H,30,31)/t13-,15?,18?/m0/s1. The average Bonchev–Trinajstić information content (AvgIpc) is 2.73. The first-order chi connectivity index (χ1) is 15.1. The van der Waals surface area contributed by atoms with Gasteiger partial charge in [0, 0.05) is 37.1 Å². The van der Waals surface area contributed by atoms with Crippen molar-refractivity contribution in [3.8, 4) is 17.3 Å². The average molecular weight is 454 g/mol. The molecular weight excluding hydrogens is 428 g/mol. The molecule has 0 unspecified atom stereocenters. The molecule has 0 spiro atoms. The van der Waals surface area contributed by atoms with Gasteiger partial charge < -0.3 is 10.1 Å². The van der Waals surface area contributed by atoms with Gasteiger partial charge in [-0.2, -0.15) is 13.2 Å². The number of nitrogens with zero attached hydrogens (tertiary/aromatic N) is 3. The smallest absolute Gasteiger partial charge is 0.419 e. The molecule has 3 rings (SSSR count). The minimum Gasteiger partial charge on any atom is -0.472 e. The van der Waals surface area contributed by atoms with Crippen LogP contribution in [0, 0.1) is 11.7 Å². The van der Waals surface area contributed by atoms with Gasteiger partial charge in [-0.1, -0.05) is 0 Å². The second-order valence-corrected chi connectivity index (χ2v) is 8.24. The van der Waals surface area contributed by atoms with Gasteiger partial charge in [0.15, 0.2) is 11.6 Å². The van der Waals surface area contributed by atoms with E-state index < -0.39 is 17.6 Å². The van der Waals surface area contributed by atoms with Crippen LogP contribution in [-0.2, 0) is 11.0 Å². The summed E-state index contributed by atoms with van der Waals surface area (Å²) >= 11 is 0. The van der Waals surface area contributed by atoms with Crippen LogP contribution in [0.25, 0.3) is 11.4 Å². The van der Waals surface area contributed by atoms with Gasteiger partial charge in [0.1, 0.15) is 6.10 Å². The molecule has 2 aromatic rings. The van der Waals surface area contributed by atoms with Gasteiger partial charge in [-0.25, -0.2) is 19.3 Å². The van der Waals surface area contributed by atoms with Gasteiger partial charge in [-0.05, 0) is 57.4 Å². The van der Waals surface area contributed by atoms with E-state index in [4.69, 9.17) is 4.74 Å². The van der Waals surface area contributed by atoms with Gasteiger partial charge in [-0.15, -0.1) is 0 Å². The fourth-order valence-electron chi connectivity index (χ4n) is 3.86. The van der Waals surface area contributed by atoms with Crippen LogP contribution in [0.1, 0.15) is 57.9 Å². The molecule has 1 N–H and O–H groups in total. The Morgan fingerprint density at radius 2 is 1.81 bits per heavy atom. The van der Waals surface area contributed by atoms with Crippen molar-refractivity contribution in [1.82, 2.24) is 20.3 Å². The predicted molar refractivity (Wildman–Crippen MR) is 109 cm³/mol. The molecule has 0 aromatic carbocycles. The van der Waals surface area contributed by atoms with Crippen molar-refractivity contribution in [3.63, 3.8) is 0 Å². The number of nitrogens with one attached hydrogen (secondary N) is 1. The summed E-state index contributed by atoms with van der Waals surface area (Å²) in [6.45, 7) is 3.50. The van der Waals surface area contributed by atoms with E-state index in [2.05, 4.69) is 20.3 Å². The second-order valence-electron chi connectivity index (χ2n) is 8.24. The number of rotatable bonds is 7. The lowest BCUT2D eigenvalue weighted by atomic mass is 9.84. The molecule has 1 aliphatic carbocycles. The van der Waals surface area contributed by atoms with Crippen LogP contribution in [0.4, 0.5) is 17.6 Å². The molecule has 0 saturated heterocycles. The minimum absolute atomic E-state index is 0.0277. The highest BCUT2D eigenvalue weighted by Gasteiger charge is 2.31. The lowest BCUT2D eigenvalue weighted by Crippen LogP contribution is -2.31. The Morgan fingerprint density at radius 3 is 2.38 bits per heavy atom. The molecule has 6 nitrogen and oxygen atoms in total. The van der Waals surface area contributed by atoms with Crippen LogP contribution in [0.2, 0.25) is 0 Å². The Kier molecular flexibility index (Phi) is 7.63. The molecule has 0 bridgehead atoms. The molecule has 174 valence electrons. The number of ether oxygens (including phenoxy) is 1. The third kappa shape index (κ3) is 6.61. The Balaban J connectivity index is 1.52. The van der Waals surface area contributed by atoms with Crippen LogP contribution in [-0.4, -0.2) is 33.0 Å². The van der Waals surface area contributed by atoms with Gasteiger partial charge in [-0.3, -0.25) is 4.79 Å². The number of carbonyl (C=O) groups excluding carboxylic acids is 1. The summed E-state index contributed by atoms with van der Waals surface area (Å²) < 4.78 is 58.1. The molecule has 0 radical (unpaired) electrons. The number of amides is 1. The van der Waals surface area contributed by atoms with Crippen molar-refractivity contribution in [1.29, 1.82) is 0 Å². The van der Waals surface area contributed by atoms with E-state index in [0.29, 0.717) is 18.3 Å². The van der Waals surface area contributed by atoms with Crippen molar-refractivity contribution in [2.24, 2.45) is 5.92 Å². The Bertz CT molecular complexity index is 913. The number of pyridine rings is 1. The quantitative estimate of drug-likeness (QED) is 0.600. The highest BCUT2D eigenvalue weighted by atomic mass is 19.4. The summed E-state index contributed by atoms with van der Waals surface area (Å²) in [7, 11) is 0. The maximum absolute atomic E-state index is 14.5. The summed E-state index contributed by atoms with van der Waals surface area (Å²) in [5.74, 6) is -0.381.